The second kappa shape index (κ2) is 6.94. The zero-order chi connectivity index (χ0) is 9.14. The number of nitrogens with zero attached hydrogens (tertiary/aromatic N) is 1. The van der Waals surface area contributed by atoms with Crippen molar-refractivity contribution in [2.45, 2.75) is 0 Å². The van der Waals surface area contributed by atoms with Crippen LogP contribution in [0.4, 0.5) is 0 Å². The third-order valence-electron chi connectivity index (χ3n) is 1.23. The van der Waals surface area contributed by atoms with E-state index >= 15 is 0 Å². The number of carboxylic acid groups (broad SMARTS) is 2. The summed E-state index contributed by atoms with van der Waals surface area (Å²) in [5.74, 6) is -2.40. The molecule has 2 radical (unpaired) electrons. The quantitative estimate of drug-likeness (QED) is 0.726. The molecule has 0 saturated carbocycles. The van der Waals surface area contributed by atoms with Crippen molar-refractivity contribution in [3.8, 4) is 0 Å². The van der Waals surface area contributed by atoms with Gasteiger partial charge in [-0.05, 0) is 12.1 Å². The van der Waals surface area contributed by atoms with Gasteiger partial charge in [-0.25, -0.2) is 14.6 Å². The summed E-state index contributed by atoms with van der Waals surface area (Å²) in [4.78, 5) is 24.1. The molecular formula is C7H5Ag2NO4. The number of hydrogen-bond acceptors (Lipinski definition) is 3. The summed E-state index contributed by atoms with van der Waals surface area (Å²) in [6.07, 6.45) is 1.15. The van der Waals surface area contributed by atoms with E-state index in [1.165, 1.54) is 6.07 Å². The molecule has 0 fully saturated rings. The van der Waals surface area contributed by atoms with Gasteiger partial charge in [-0.1, -0.05) is 0 Å². The number of pyridine rings is 1. The summed E-state index contributed by atoms with van der Waals surface area (Å²) < 4.78 is 0. The van der Waals surface area contributed by atoms with E-state index in [0.29, 0.717) is 0 Å². The van der Waals surface area contributed by atoms with E-state index in [9.17, 15) is 9.59 Å². The van der Waals surface area contributed by atoms with Crippen LogP contribution in [0.5, 0.6) is 0 Å². The minimum Gasteiger partial charge on any atom is -0.478 e. The Kier molecular flexibility index (Phi) is 7.94. The van der Waals surface area contributed by atoms with Crippen LogP contribution in [-0.2, 0) is 44.8 Å². The van der Waals surface area contributed by atoms with Gasteiger partial charge in [-0.2, -0.15) is 0 Å². The van der Waals surface area contributed by atoms with Gasteiger partial charge in [0.05, 0.1) is 5.56 Å². The van der Waals surface area contributed by atoms with Crippen LogP contribution in [0, 0.1) is 0 Å². The zero-order valence-corrected chi connectivity index (χ0v) is 9.46. The molecule has 0 saturated heterocycles. The van der Waals surface area contributed by atoms with Gasteiger partial charge in [0.1, 0.15) is 5.69 Å². The third kappa shape index (κ3) is 4.19. The van der Waals surface area contributed by atoms with Crippen molar-refractivity contribution in [2.75, 3.05) is 0 Å². The molecule has 5 nitrogen and oxygen atoms in total. The normalized spacial score (nSPS) is 8.00. The zero-order valence-electron chi connectivity index (χ0n) is 6.49. The SMILES string of the molecule is O=C(O)c1ccnc(C(=O)O)c1.[Ag].[Ag]. The van der Waals surface area contributed by atoms with Gasteiger partial charge >= 0.3 is 11.9 Å². The summed E-state index contributed by atoms with van der Waals surface area (Å²) in [5.41, 5.74) is -0.350. The fourth-order valence-electron chi connectivity index (χ4n) is 0.681. The molecule has 0 aliphatic heterocycles. The molecule has 0 aromatic carbocycles. The number of carbonyl (C=O) groups is 2. The Morgan fingerprint density at radius 3 is 2.14 bits per heavy atom. The molecule has 0 aliphatic rings. The van der Waals surface area contributed by atoms with E-state index in [1.807, 2.05) is 0 Å². The molecule has 2 N–H and O–H groups in total. The Morgan fingerprint density at radius 2 is 1.71 bits per heavy atom. The maximum atomic E-state index is 10.4. The fraction of sp³-hybridized carbons (Fsp3) is 0. The summed E-state index contributed by atoms with van der Waals surface area (Å²) in [5, 5.41) is 16.9. The van der Waals surface area contributed by atoms with E-state index in [1.54, 1.807) is 0 Å². The van der Waals surface area contributed by atoms with Crippen LogP contribution in [0.3, 0.4) is 0 Å². The fourth-order valence-corrected chi connectivity index (χ4v) is 0.681. The van der Waals surface area contributed by atoms with E-state index in [0.717, 1.165) is 12.3 Å². The van der Waals surface area contributed by atoms with Crippen LogP contribution in [0.25, 0.3) is 0 Å². The average Bonchev–Trinajstić information content (AvgIpc) is 2.04. The van der Waals surface area contributed by atoms with E-state index in [-0.39, 0.29) is 56.0 Å². The summed E-state index contributed by atoms with van der Waals surface area (Å²) in [6.45, 7) is 0. The molecule has 14 heavy (non-hydrogen) atoms. The van der Waals surface area contributed by atoms with Crippen LogP contribution in [-0.4, -0.2) is 27.1 Å². The van der Waals surface area contributed by atoms with Crippen LogP contribution >= 0.6 is 0 Å². The van der Waals surface area contributed by atoms with Crippen molar-refractivity contribution in [3.63, 3.8) is 0 Å². The molecule has 7 heteroatoms. The first-order chi connectivity index (χ1) is 5.61. The minimum atomic E-state index is -1.24. The number of aromatic nitrogens is 1. The molecule has 0 unspecified atom stereocenters. The van der Waals surface area contributed by atoms with Gasteiger partial charge in [0, 0.05) is 51.0 Å². The van der Waals surface area contributed by atoms with Gasteiger partial charge < -0.3 is 10.2 Å². The summed E-state index contributed by atoms with van der Waals surface area (Å²) in [7, 11) is 0. The molecule has 1 heterocycles. The van der Waals surface area contributed by atoms with Gasteiger partial charge in [-0.15, -0.1) is 0 Å². The molecule has 1 aromatic rings. The molecule has 0 amide bonds. The second-order valence-corrected chi connectivity index (χ2v) is 2.04. The van der Waals surface area contributed by atoms with E-state index in [2.05, 4.69) is 4.98 Å². The summed E-state index contributed by atoms with van der Waals surface area (Å²) in [6, 6.07) is 2.24. The maximum Gasteiger partial charge on any atom is 0.354 e. The third-order valence-corrected chi connectivity index (χ3v) is 1.23. The first-order valence-electron chi connectivity index (χ1n) is 3.04. The Labute approximate surface area is 111 Å². The Hall–Kier alpha value is -0.429. The monoisotopic (exact) mass is 381 g/mol. The number of hydrogen-bond donors (Lipinski definition) is 2. The number of rotatable bonds is 2. The smallest absolute Gasteiger partial charge is 0.354 e. The maximum absolute atomic E-state index is 10.4. The van der Waals surface area contributed by atoms with Crippen LogP contribution in [0.15, 0.2) is 18.3 Å². The molecule has 0 spiro atoms. The summed E-state index contributed by atoms with van der Waals surface area (Å²) >= 11 is 0. The first kappa shape index (κ1) is 16.0. The molecule has 0 bridgehead atoms. The molecule has 0 atom stereocenters. The van der Waals surface area contributed by atoms with Crippen molar-refractivity contribution < 1.29 is 64.6 Å². The topological polar surface area (TPSA) is 87.5 Å². The van der Waals surface area contributed by atoms with Gasteiger partial charge in [0.15, 0.2) is 0 Å². The van der Waals surface area contributed by atoms with Crippen LogP contribution < -0.4 is 0 Å². The Bertz CT molecular complexity index is 313. The molecule has 84 valence electrons. The molecular weight excluding hydrogens is 378 g/mol. The van der Waals surface area contributed by atoms with E-state index < -0.39 is 11.9 Å². The standard InChI is InChI=1S/C7H5NO4.2Ag/c9-6(10)4-1-2-8-5(3-4)7(11)12;;/h1-3H,(H,9,10)(H,11,12);;. The van der Waals surface area contributed by atoms with Crippen molar-refractivity contribution >= 4 is 11.9 Å². The van der Waals surface area contributed by atoms with Crippen molar-refractivity contribution in [2.24, 2.45) is 0 Å². The molecule has 1 aromatic heterocycles. The average molecular weight is 383 g/mol. The predicted octanol–water partition coefficient (Wildman–Crippen LogP) is 0.473. The van der Waals surface area contributed by atoms with Crippen LogP contribution in [0.2, 0.25) is 0 Å². The minimum absolute atomic E-state index is 0. The van der Waals surface area contributed by atoms with Gasteiger partial charge in [0.25, 0.3) is 0 Å². The van der Waals surface area contributed by atoms with Crippen molar-refractivity contribution in [3.05, 3.63) is 29.6 Å². The first-order valence-corrected chi connectivity index (χ1v) is 3.04. The predicted molar refractivity (Wildman–Crippen MR) is 38.2 cm³/mol. The number of carboxylic acids is 2. The van der Waals surface area contributed by atoms with E-state index in [4.69, 9.17) is 10.2 Å². The largest absolute Gasteiger partial charge is 0.478 e. The molecule has 0 aliphatic carbocycles. The van der Waals surface area contributed by atoms with Crippen LogP contribution in [0.1, 0.15) is 20.8 Å². The molecule has 1 rings (SSSR count). The van der Waals surface area contributed by atoms with Crippen molar-refractivity contribution in [1.29, 1.82) is 0 Å². The van der Waals surface area contributed by atoms with Gasteiger partial charge in [0.2, 0.25) is 0 Å². The van der Waals surface area contributed by atoms with Crippen molar-refractivity contribution in [1.82, 2.24) is 4.98 Å². The number of aromatic carboxylic acids is 2. The second-order valence-electron chi connectivity index (χ2n) is 2.04. The Morgan fingerprint density at radius 1 is 1.14 bits per heavy atom. The Balaban J connectivity index is 0. The van der Waals surface area contributed by atoms with Gasteiger partial charge in [-0.3, -0.25) is 0 Å².